The molecular formula is C32H46N2O2. The van der Waals surface area contributed by atoms with Crippen LogP contribution in [0.2, 0.25) is 0 Å². The molecule has 0 radical (unpaired) electrons. The van der Waals surface area contributed by atoms with E-state index in [4.69, 9.17) is 9.98 Å². The minimum atomic E-state index is -0.321. The molecule has 0 saturated heterocycles. The van der Waals surface area contributed by atoms with Crippen LogP contribution in [0.5, 0.6) is 11.5 Å². The number of benzene rings is 2. The molecule has 1 saturated carbocycles. The second kappa shape index (κ2) is 9.36. The van der Waals surface area contributed by atoms with E-state index in [1.165, 1.54) is 0 Å². The summed E-state index contributed by atoms with van der Waals surface area (Å²) in [5, 5.41) is 21.9. The molecular weight excluding hydrogens is 444 g/mol. The smallest absolute Gasteiger partial charge is 0.128 e. The third kappa shape index (κ3) is 5.38. The van der Waals surface area contributed by atoms with Gasteiger partial charge >= 0.3 is 0 Å². The molecule has 0 aliphatic heterocycles. The molecule has 4 heteroatoms. The molecule has 0 bridgehead atoms. The lowest BCUT2D eigenvalue weighted by molar-refractivity contribution is 0.211. The number of aryl methyl sites for hydroxylation is 2. The van der Waals surface area contributed by atoms with E-state index in [1.54, 1.807) is 0 Å². The topological polar surface area (TPSA) is 65.2 Å². The van der Waals surface area contributed by atoms with Crippen LogP contribution in [0, 0.1) is 19.3 Å². The number of aromatic hydroxyl groups is 2. The van der Waals surface area contributed by atoms with E-state index in [-0.39, 0.29) is 27.8 Å². The Balaban J connectivity index is 1.91. The van der Waals surface area contributed by atoms with Crippen molar-refractivity contribution >= 4 is 12.4 Å². The first kappa shape index (κ1) is 28.0. The molecule has 2 N–H and O–H groups in total. The van der Waals surface area contributed by atoms with Gasteiger partial charge in [-0.15, -0.1) is 0 Å². The van der Waals surface area contributed by atoms with Gasteiger partial charge in [-0.2, -0.15) is 0 Å². The highest BCUT2D eigenvalue weighted by Gasteiger charge is 2.51. The summed E-state index contributed by atoms with van der Waals surface area (Å²) in [6.45, 7) is 23.5. The Morgan fingerprint density at radius 3 is 1.67 bits per heavy atom. The van der Waals surface area contributed by atoms with Gasteiger partial charge in [-0.1, -0.05) is 67.5 Å². The second-order valence-electron chi connectivity index (χ2n) is 13.6. The van der Waals surface area contributed by atoms with Crippen molar-refractivity contribution in [1.82, 2.24) is 0 Å². The van der Waals surface area contributed by atoms with Gasteiger partial charge in [-0.05, 0) is 67.7 Å². The Morgan fingerprint density at radius 2 is 1.22 bits per heavy atom. The highest BCUT2D eigenvalue weighted by molar-refractivity contribution is 5.86. The normalized spacial score (nSPS) is 22.7. The standard InChI is InChI=1S/C32H46N2O2/c1-20-14-22(27(35)24(16-20)29(3,4)5)18-33-26-12-13-32(11,31(26,9)10)34-19-23-15-21(2)17-25(28(23)36)30(6,7)8/h14-19,26,35-36H,12-13H2,1-11H3/t26-,32+/m1/s1. The third-order valence-electron chi connectivity index (χ3n) is 8.19. The number of hydrogen-bond donors (Lipinski definition) is 2. The number of phenolic OH excluding ortho intramolecular Hbond substituents is 2. The van der Waals surface area contributed by atoms with Crippen molar-refractivity contribution in [3.8, 4) is 11.5 Å². The van der Waals surface area contributed by atoms with Crippen molar-refractivity contribution in [3.63, 3.8) is 0 Å². The zero-order valence-corrected chi connectivity index (χ0v) is 24.2. The summed E-state index contributed by atoms with van der Waals surface area (Å²) < 4.78 is 0. The lowest BCUT2D eigenvalue weighted by Crippen LogP contribution is -2.40. The summed E-state index contributed by atoms with van der Waals surface area (Å²) in [6.07, 6.45) is 5.53. The zero-order chi connectivity index (χ0) is 27.3. The van der Waals surface area contributed by atoms with Gasteiger partial charge in [0.15, 0.2) is 0 Å². The molecule has 1 aliphatic carbocycles. The molecule has 196 valence electrons. The van der Waals surface area contributed by atoms with Crippen LogP contribution in [0.25, 0.3) is 0 Å². The van der Waals surface area contributed by atoms with Crippen molar-refractivity contribution in [2.45, 2.75) is 111 Å². The van der Waals surface area contributed by atoms with Gasteiger partial charge in [0.25, 0.3) is 0 Å². The van der Waals surface area contributed by atoms with Crippen molar-refractivity contribution in [3.05, 3.63) is 57.6 Å². The predicted octanol–water partition coefficient (Wildman–Crippen LogP) is 7.79. The fraction of sp³-hybridized carbons (Fsp3) is 0.562. The molecule has 0 aromatic heterocycles. The molecule has 0 unspecified atom stereocenters. The van der Waals surface area contributed by atoms with Crippen LogP contribution < -0.4 is 0 Å². The van der Waals surface area contributed by atoms with Gasteiger partial charge in [-0.3, -0.25) is 9.98 Å². The predicted molar refractivity (Wildman–Crippen MR) is 153 cm³/mol. The van der Waals surface area contributed by atoms with Gasteiger partial charge in [-0.25, -0.2) is 0 Å². The fourth-order valence-corrected chi connectivity index (χ4v) is 5.29. The van der Waals surface area contributed by atoms with Gasteiger partial charge in [0, 0.05) is 40.1 Å². The third-order valence-corrected chi connectivity index (χ3v) is 8.19. The van der Waals surface area contributed by atoms with E-state index in [0.717, 1.165) is 46.2 Å². The van der Waals surface area contributed by atoms with Crippen molar-refractivity contribution < 1.29 is 10.2 Å². The van der Waals surface area contributed by atoms with Crippen LogP contribution in [0.4, 0.5) is 0 Å². The molecule has 0 amide bonds. The van der Waals surface area contributed by atoms with Crippen LogP contribution in [-0.4, -0.2) is 34.2 Å². The van der Waals surface area contributed by atoms with Gasteiger partial charge in [0.1, 0.15) is 11.5 Å². The first-order valence-electron chi connectivity index (χ1n) is 13.1. The van der Waals surface area contributed by atoms with E-state index in [0.29, 0.717) is 11.5 Å². The Hall–Kier alpha value is -2.62. The summed E-state index contributed by atoms with van der Waals surface area (Å²) in [5.41, 5.74) is 4.84. The molecule has 36 heavy (non-hydrogen) atoms. The molecule has 0 heterocycles. The maximum absolute atomic E-state index is 11.0. The fourth-order valence-electron chi connectivity index (χ4n) is 5.29. The Bertz CT molecular complexity index is 1190. The summed E-state index contributed by atoms with van der Waals surface area (Å²) >= 11 is 0. The number of phenols is 2. The van der Waals surface area contributed by atoms with Crippen molar-refractivity contribution in [1.29, 1.82) is 0 Å². The lowest BCUT2D eigenvalue weighted by Gasteiger charge is -2.37. The van der Waals surface area contributed by atoms with Crippen molar-refractivity contribution in [2.24, 2.45) is 15.4 Å². The maximum Gasteiger partial charge on any atom is 0.128 e. The largest absolute Gasteiger partial charge is 0.507 e. The Labute approximate surface area is 218 Å². The van der Waals surface area contributed by atoms with Gasteiger partial charge < -0.3 is 10.2 Å². The summed E-state index contributed by atoms with van der Waals surface area (Å²) in [6, 6.07) is 8.20. The molecule has 2 atom stereocenters. The molecule has 4 nitrogen and oxygen atoms in total. The summed E-state index contributed by atoms with van der Waals surface area (Å²) in [4.78, 5) is 10.1. The molecule has 2 aromatic rings. The number of rotatable bonds is 4. The average molecular weight is 491 g/mol. The quantitative estimate of drug-likeness (QED) is 0.429. The first-order valence-corrected chi connectivity index (χ1v) is 13.1. The van der Waals surface area contributed by atoms with Gasteiger partial charge in [0.05, 0.1) is 11.6 Å². The zero-order valence-electron chi connectivity index (χ0n) is 24.2. The Kier molecular flexibility index (Phi) is 7.27. The highest BCUT2D eigenvalue weighted by Crippen LogP contribution is 2.50. The van der Waals surface area contributed by atoms with Gasteiger partial charge in [0.2, 0.25) is 0 Å². The van der Waals surface area contributed by atoms with Crippen LogP contribution in [-0.2, 0) is 10.8 Å². The van der Waals surface area contributed by atoms with Crippen LogP contribution in [0.15, 0.2) is 34.3 Å². The SMILES string of the molecule is Cc1cc(C=N[C@@H]2CC[C@](C)(N=Cc3cc(C)cc(C(C)(C)C)c3O)C2(C)C)c(O)c(C(C)(C)C)c1. The molecule has 2 aromatic carbocycles. The van der Waals surface area contributed by atoms with E-state index in [2.05, 4.69) is 88.3 Å². The molecule has 0 spiro atoms. The number of hydrogen-bond acceptors (Lipinski definition) is 4. The highest BCUT2D eigenvalue weighted by atomic mass is 16.3. The maximum atomic E-state index is 11.0. The first-order chi connectivity index (χ1) is 16.4. The van der Waals surface area contributed by atoms with E-state index >= 15 is 0 Å². The minimum absolute atomic E-state index is 0.0777. The van der Waals surface area contributed by atoms with Crippen LogP contribution in [0.3, 0.4) is 0 Å². The summed E-state index contributed by atoms with van der Waals surface area (Å²) in [5.74, 6) is 0.633. The average Bonchev–Trinajstić information content (AvgIpc) is 2.96. The van der Waals surface area contributed by atoms with Crippen LogP contribution >= 0.6 is 0 Å². The Morgan fingerprint density at radius 1 is 0.778 bits per heavy atom. The second-order valence-corrected chi connectivity index (χ2v) is 13.6. The number of aliphatic imine (C=N–C) groups is 2. The minimum Gasteiger partial charge on any atom is -0.507 e. The number of nitrogens with zero attached hydrogens (tertiary/aromatic N) is 2. The van der Waals surface area contributed by atoms with E-state index < -0.39 is 0 Å². The molecule has 1 fully saturated rings. The van der Waals surface area contributed by atoms with Crippen LogP contribution in [0.1, 0.15) is 109 Å². The monoisotopic (exact) mass is 490 g/mol. The lowest BCUT2D eigenvalue weighted by atomic mass is 9.74. The van der Waals surface area contributed by atoms with Crippen molar-refractivity contribution in [2.75, 3.05) is 0 Å². The summed E-state index contributed by atoms with van der Waals surface area (Å²) in [7, 11) is 0. The van der Waals surface area contributed by atoms with E-state index in [9.17, 15) is 10.2 Å². The molecule has 1 aliphatic rings. The molecule has 3 rings (SSSR count). The van der Waals surface area contributed by atoms with E-state index in [1.807, 2.05) is 24.6 Å².